The lowest BCUT2D eigenvalue weighted by molar-refractivity contribution is 0.834. The highest BCUT2D eigenvalue weighted by Gasteiger charge is 2.04. The van der Waals surface area contributed by atoms with Gasteiger partial charge in [0.1, 0.15) is 0 Å². The van der Waals surface area contributed by atoms with Gasteiger partial charge < -0.3 is 5.73 Å². The van der Waals surface area contributed by atoms with Gasteiger partial charge in [-0.25, -0.2) is 0 Å². The molecular weight excluding hydrogens is 333 g/mol. The summed E-state index contributed by atoms with van der Waals surface area (Å²) >= 11 is 13.5. The van der Waals surface area contributed by atoms with Gasteiger partial charge in [-0.3, -0.25) is 0 Å². The van der Waals surface area contributed by atoms with Gasteiger partial charge in [-0.2, -0.15) is 0 Å². The number of benzene rings is 2. The number of thiophene rings is 1. The molecule has 3 aromatic rings. The van der Waals surface area contributed by atoms with Gasteiger partial charge in [0.2, 0.25) is 0 Å². The molecule has 2 aromatic carbocycles. The lowest BCUT2D eigenvalue weighted by Crippen LogP contribution is -2.00. The molecule has 0 saturated carbocycles. The second kappa shape index (κ2) is 8.54. The Labute approximate surface area is 145 Å². The van der Waals surface area contributed by atoms with Crippen LogP contribution in [0.4, 0.5) is 0 Å². The largest absolute Gasteiger partial charge is 0.330 e. The Kier molecular flexibility index (Phi) is 6.71. The molecule has 0 amide bonds. The summed E-state index contributed by atoms with van der Waals surface area (Å²) in [7, 11) is 0. The molecule has 1 aromatic heterocycles. The van der Waals surface area contributed by atoms with Gasteiger partial charge in [-0.05, 0) is 49.4 Å². The lowest BCUT2D eigenvalue weighted by atomic mass is 10.0. The summed E-state index contributed by atoms with van der Waals surface area (Å²) in [6, 6.07) is 16.3. The molecule has 22 heavy (non-hydrogen) atoms. The Morgan fingerprint density at radius 1 is 1.00 bits per heavy atom. The fourth-order valence-corrected chi connectivity index (χ4v) is 3.51. The maximum atomic E-state index is 6.34. The molecule has 0 atom stereocenters. The summed E-state index contributed by atoms with van der Waals surface area (Å²) in [6.07, 6.45) is 1.94. The Morgan fingerprint density at radius 2 is 1.77 bits per heavy atom. The van der Waals surface area contributed by atoms with Crippen LogP contribution in [0.3, 0.4) is 0 Å². The fraction of sp³-hybridized carbons (Fsp3) is 0.222. The van der Waals surface area contributed by atoms with Crippen LogP contribution in [0.2, 0.25) is 9.36 Å². The Balaban J connectivity index is 0.000000211. The number of hydrogen-bond acceptors (Lipinski definition) is 2. The fourth-order valence-electron chi connectivity index (χ4n) is 2.17. The molecule has 0 saturated heterocycles. The second-order valence-corrected chi connectivity index (χ2v) is 7.30. The van der Waals surface area contributed by atoms with E-state index in [-0.39, 0.29) is 0 Å². The molecule has 116 valence electrons. The molecule has 2 N–H and O–H groups in total. The summed E-state index contributed by atoms with van der Waals surface area (Å²) < 4.78 is 0.873. The zero-order valence-electron chi connectivity index (χ0n) is 12.5. The minimum atomic E-state index is 0.711. The van der Waals surface area contributed by atoms with Crippen LogP contribution in [-0.4, -0.2) is 6.54 Å². The third kappa shape index (κ3) is 4.72. The minimum absolute atomic E-state index is 0.711. The molecule has 1 heterocycles. The molecule has 0 fully saturated rings. The maximum absolute atomic E-state index is 6.34. The smallest absolute Gasteiger partial charge is 0.0931 e. The van der Waals surface area contributed by atoms with Gasteiger partial charge in [0, 0.05) is 10.3 Å². The van der Waals surface area contributed by atoms with Gasteiger partial charge in [0.25, 0.3) is 0 Å². The monoisotopic (exact) mass is 351 g/mol. The number of halogens is 2. The first-order valence-corrected chi connectivity index (χ1v) is 8.77. The van der Waals surface area contributed by atoms with Gasteiger partial charge in [0.15, 0.2) is 0 Å². The van der Waals surface area contributed by atoms with Crippen molar-refractivity contribution in [1.82, 2.24) is 0 Å². The molecule has 0 aliphatic rings. The van der Waals surface area contributed by atoms with E-state index in [0.717, 1.165) is 27.6 Å². The summed E-state index contributed by atoms with van der Waals surface area (Å²) in [6.45, 7) is 2.75. The molecule has 1 nitrogen and oxygen atoms in total. The molecule has 0 unspecified atom stereocenters. The molecule has 0 aliphatic heterocycles. The minimum Gasteiger partial charge on any atom is -0.330 e. The highest BCUT2D eigenvalue weighted by atomic mass is 35.5. The SMILES string of the molecule is Cc1ccc(Cl)s1.NCCCc1ccc2ccccc2c1Cl. The molecule has 0 bridgehead atoms. The van der Waals surface area contributed by atoms with E-state index >= 15 is 0 Å². The van der Waals surface area contributed by atoms with E-state index in [2.05, 4.69) is 24.3 Å². The van der Waals surface area contributed by atoms with Crippen molar-refractivity contribution in [2.24, 2.45) is 5.73 Å². The number of rotatable bonds is 3. The van der Waals surface area contributed by atoms with E-state index in [0.29, 0.717) is 6.54 Å². The van der Waals surface area contributed by atoms with Crippen molar-refractivity contribution in [3.05, 3.63) is 68.3 Å². The molecule has 4 heteroatoms. The van der Waals surface area contributed by atoms with Crippen molar-refractivity contribution in [2.75, 3.05) is 6.54 Å². The van der Waals surface area contributed by atoms with Crippen molar-refractivity contribution in [3.63, 3.8) is 0 Å². The second-order valence-electron chi connectivity index (χ2n) is 5.00. The molecule has 0 aliphatic carbocycles. The van der Waals surface area contributed by atoms with Crippen LogP contribution in [0.5, 0.6) is 0 Å². The van der Waals surface area contributed by atoms with E-state index in [1.54, 1.807) is 11.3 Å². The number of aryl methyl sites for hydroxylation is 2. The number of fused-ring (bicyclic) bond motifs is 1. The summed E-state index contributed by atoms with van der Waals surface area (Å²) in [5, 5.41) is 3.20. The zero-order chi connectivity index (χ0) is 15.9. The van der Waals surface area contributed by atoms with Crippen molar-refractivity contribution in [2.45, 2.75) is 19.8 Å². The third-order valence-corrected chi connectivity index (χ3v) is 4.89. The summed E-state index contributed by atoms with van der Waals surface area (Å²) in [4.78, 5) is 1.27. The quantitative estimate of drug-likeness (QED) is 0.606. The predicted octanol–water partition coefficient (Wildman–Crippen LogP) is 6.09. The average Bonchev–Trinajstić information content (AvgIpc) is 2.91. The Hall–Kier alpha value is -1.06. The van der Waals surface area contributed by atoms with Gasteiger partial charge in [-0.1, -0.05) is 59.6 Å². The molecule has 3 rings (SSSR count). The topological polar surface area (TPSA) is 26.0 Å². The zero-order valence-corrected chi connectivity index (χ0v) is 14.8. The summed E-state index contributed by atoms with van der Waals surface area (Å²) in [5.41, 5.74) is 6.69. The van der Waals surface area contributed by atoms with Crippen molar-refractivity contribution < 1.29 is 0 Å². The lowest BCUT2D eigenvalue weighted by Gasteiger charge is -2.06. The van der Waals surface area contributed by atoms with Crippen LogP contribution >= 0.6 is 34.5 Å². The third-order valence-electron chi connectivity index (χ3n) is 3.30. The standard InChI is InChI=1S/C13H14ClN.C5H5ClS/c14-13-11(5-3-9-15)8-7-10-4-1-2-6-12(10)13;1-4-2-3-5(6)7-4/h1-2,4,6-8H,3,5,9,15H2;2-3H,1H3. The van der Waals surface area contributed by atoms with Crippen molar-refractivity contribution in [1.29, 1.82) is 0 Å². The average molecular weight is 352 g/mol. The highest BCUT2D eigenvalue weighted by molar-refractivity contribution is 7.16. The first-order valence-electron chi connectivity index (χ1n) is 7.20. The van der Waals surface area contributed by atoms with Gasteiger partial charge in [0.05, 0.1) is 9.36 Å². The van der Waals surface area contributed by atoms with E-state index < -0.39 is 0 Å². The number of hydrogen-bond donors (Lipinski definition) is 1. The van der Waals surface area contributed by atoms with E-state index in [1.165, 1.54) is 15.8 Å². The maximum Gasteiger partial charge on any atom is 0.0931 e. The molecule has 0 radical (unpaired) electrons. The van der Waals surface area contributed by atoms with Crippen molar-refractivity contribution in [3.8, 4) is 0 Å². The van der Waals surface area contributed by atoms with Crippen LogP contribution in [0.25, 0.3) is 10.8 Å². The first kappa shape index (κ1) is 17.3. The van der Waals surface area contributed by atoms with E-state index in [9.17, 15) is 0 Å². The Bertz CT molecular complexity index is 720. The predicted molar refractivity (Wildman–Crippen MR) is 100 cm³/mol. The van der Waals surface area contributed by atoms with Gasteiger partial charge in [-0.15, -0.1) is 11.3 Å². The van der Waals surface area contributed by atoms with Gasteiger partial charge >= 0.3 is 0 Å². The van der Waals surface area contributed by atoms with Crippen LogP contribution in [0.15, 0.2) is 48.5 Å². The highest BCUT2D eigenvalue weighted by Crippen LogP contribution is 2.27. The first-order chi connectivity index (χ1) is 10.6. The van der Waals surface area contributed by atoms with E-state index in [1.807, 2.05) is 31.2 Å². The van der Waals surface area contributed by atoms with Crippen molar-refractivity contribution >= 4 is 45.3 Å². The van der Waals surface area contributed by atoms with Crippen LogP contribution in [-0.2, 0) is 6.42 Å². The molecular formula is C18H19Cl2NS. The van der Waals surface area contributed by atoms with E-state index in [4.69, 9.17) is 28.9 Å². The Morgan fingerprint density at radius 3 is 2.36 bits per heavy atom. The number of nitrogens with two attached hydrogens (primary N) is 1. The van der Waals surface area contributed by atoms with Crippen LogP contribution in [0.1, 0.15) is 16.9 Å². The van der Waals surface area contributed by atoms with Crippen LogP contribution < -0.4 is 5.73 Å². The summed E-state index contributed by atoms with van der Waals surface area (Å²) in [5.74, 6) is 0. The van der Waals surface area contributed by atoms with Crippen LogP contribution in [0, 0.1) is 6.92 Å². The molecule has 0 spiro atoms. The normalized spacial score (nSPS) is 10.4.